The summed E-state index contributed by atoms with van der Waals surface area (Å²) in [5, 5.41) is 2.41. The summed E-state index contributed by atoms with van der Waals surface area (Å²) in [5.41, 5.74) is 8.20. The molecule has 0 fully saturated rings. The molecule has 29 heavy (non-hydrogen) atoms. The molecule has 2 heterocycles. The van der Waals surface area contributed by atoms with Crippen LogP contribution in [0, 0.1) is 20.8 Å². The zero-order chi connectivity index (χ0) is 20.0. The van der Waals surface area contributed by atoms with E-state index in [9.17, 15) is 0 Å². The maximum Gasteiger partial charge on any atom is 0.292 e. The maximum atomic E-state index is 4.69. The van der Waals surface area contributed by atoms with Crippen LogP contribution in [0.5, 0.6) is 0 Å². The summed E-state index contributed by atoms with van der Waals surface area (Å²) in [5.74, 6) is 0. The van der Waals surface area contributed by atoms with Gasteiger partial charge in [0.15, 0.2) is 11.2 Å². The monoisotopic (exact) mass is 377 g/mol. The molecule has 0 atom stereocenters. The second kappa shape index (κ2) is 6.78. The minimum atomic E-state index is 1.02. The summed E-state index contributed by atoms with van der Waals surface area (Å²) in [6.07, 6.45) is 1.93. The van der Waals surface area contributed by atoms with Crippen LogP contribution in [-0.2, 0) is 0 Å². The van der Waals surface area contributed by atoms with Crippen LogP contribution in [0.2, 0.25) is 0 Å². The smallest absolute Gasteiger partial charge is 0.199 e. The average molecular weight is 377 g/mol. The molecule has 5 rings (SSSR count). The summed E-state index contributed by atoms with van der Waals surface area (Å²) >= 11 is 0. The molecule has 0 aliphatic carbocycles. The number of pyridine rings is 1. The Kier molecular flexibility index (Phi) is 4.09. The number of benzene rings is 3. The van der Waals surface area contributed by atoms with Crippen molar-refractivity contribution in [3.05, 3.63) is 102 Å². The Balaban J connectivity index is 1.78. The molecule has 0 aliphatic heterocycles. The number of hydrogen-bond acceptors (Lipinski definition) is 1. The third-order valence-electron chi connectivity index (χ3n) is 5.78. The van der Waals surface area contributed by atoms with E-state index >= 15 is 0 Å². The third kappa shape index (κ3) is 2.78. The highest BCUT2D eigenvalue weighted by atomic mass is 15.0. The molecule has 0 unspecified atom stereocenters. The molecule has 0 aliphatic rings. The molecular formula is C26H23N3+2. The van der Waals surface area contributed by atoms with Crippen LogP contribution in [0.1, 0.15) is 17.0 Å². The predicted molar refractivity (Wildman–Crippen MR) is 117 cm³/mol. The van der Waals surface area contributed by atoms with Crippen LogP contribution in [-0.4, -0.2) is 4.98 Å². The third-order valence-corrected chi connectivity index (χ3v) is 5.78. The minimum absolute atomic E-state index is 1.02. The van der Waals surface area contributed by atoms with Crippen molar-refractivity contribution in [1.29, 1.82) is 0 Å². The van der Waals surface area contributed by atoms with E-state index in [1.54, 1.807) is 0 Å². The van der Waals surface area contributed by atoms with E-state index in [0.717, 1.165) is 11.2 Å². The second-order valence-corrected chi connectivity index (χ2v) is 7.51. The lowest BCUT2D eigenvalue weighted by molar-refractivity contribution is -0.607. The topological polar surface area (TPSA) is 20.6 Å². The fraction of sp³-hybridized carbons (Fsp3) is 0.115. The fourth-order valence-electron chi connectivity index (χ4n) is 4.21. The number of aromatic nitrogens is 3. The average Bonchev–Trinajstić information content (AvgIpc) is 2.75. The van der Waals surface area contributed by atoms with E-state index in [-0.39, 0.29) is 0 Å². The number of hydrogen-bond donors (Lipinski definition) is 0. The van der Waals surface area contributed by atoms with Crippen molar-refractivity contribution in [2.75, 3.05) is 0 Å². The summed E-state index contributed by atoms with van der Waals surface area (Å²) in [6, 6.07) is 27.7. The van der Waals surface area contributed by atoms with Crippen LogP contribution in [0.15, 0.2) is 85.2 Å². The zero-order valence-electron chi connectivity index (χ0n) is 16.9. The van der Waals surface area contributed by atoms with Crippen molar-refractivity contribution < 1.29 is 9.13 Å². The maximum absolute atomic E-state index is 4.69. The molecule has 0 saturated carbocycles. The van der Waals surface area contributed by atoms with Crippen LogP contribution in [0.25, 0.3) is 33.2 Å². The number of rotatable bonds is 2. The Morgan fingerprint density at radius 1 is 0.690 bits per heavy atom. The molecule has 0 saturated heterocycles. The normalized spacial score (nSPS) is 11.3. The van der Waals surface area contributed by atoms with Gasteiger partial charge in [-0.3, -0.25) is 0 Å². The Bertz CT molecular complexity index is 1390. The van der Waals surface area contributed by atoms with E-state index in [2.05, 4.69) is 108 Å². The first-order chi connectivity index (χ1) is 14.1. The summed E-state index contributed by atoms with van der Waals surface area (Å²) < 4.78 is 4.54. The molecule has 0 radical (unpaired) electrons. The molecule has 3 aromatic carbocycles. The number of fused-ring (bicyclic) bond motifs is 2. The van der Waals surface area contributed by atoms with Gasteiger partial charge < -0.3 is 0 Å². The lowest BCUT2D eigenvalue weighted by Crippen LogP contribution is -2.40. The Labute approximate surface area is 170 Å². The van der Waals surface area contributed by atoms with E-state index in [1.165, 1.54) is 38.9 Å². The molecule has 140 valence electrons. The van der Waals surface area contributed by atoms with Crippen LogP contribution in [0.3, 0.4) is 0 Å². The zero-order valence-corrected chi connectivity index (χ0v) is 16.9. The summed E-state index contributed by atoms with van der Waals surface area (Å²) in [7, 11) is 0. The van der Waals surface area contributed by atoms with E-state index < -0.39 is 0 Å². The molecular weight excluding hydrogens is 354 g/mol. The van der Waals surface area contributed by atoms with Crippen molar-refractivity contribution in [3.8, 4) is 11.4 Å². The Morgan fingerprint density at radius 3 is 2.34 bits per heavy atom. The fourth-order valence-corrected chi connectivity index (χ4v) is 4.21. The molecule has 0 N–H and O–H groups in total. The van der Waals surface area contributed by atoms with E-state index in [4.69, 9.17) is 0 Å². The molecule has 0 amide bonds. The van der Waals surface area contributed by atoms with Gasteiger partial charge in [0.05, 0.1) is 10.9 Å². The first-order valence-electron chi connectivity index (χ1n) is 9.92. The van der Waals surface area contributed by atoms with Crippen LogP contribution >= 0.6 is 0 Å². The highest BCUT2D eigenvalue weighted by molar-refractivity contribution is 5.79. The SMILES string of the molecule is Cc1c(-[n+]2cnc3ccccc3c2C)cccc1-[n+]1c(C)ccc2ccccc21. The predicted octanol–water partition coefficient (Wildman–Crippen LogP) is 4.87. The first kappa shape index (κ1) is 17.5. The summed E-state index contributed by atoms with van der Waals surface area (Å²) in [4.78, 5) is 4.69. The standard InChI is InChI=1S/C26H23N3/c1-18-15-16-21-9-4-7-12-26(21)29(18)25-14-8-13-24(19(25)2)28-17-27-23-11-6-5-10-22(23)20(28)3/h4-17H,1-3H3/q+2. The van der Waals surface area contributed by atoms with Gasteiger partial charge in [-0.2, -0.15) is 9.13 Å². The van der Waals surface area contributed by atoms with Gasteiger partial charge in [0, 0.05) is 30.5 Å². The van der Waals surface area contributed by atoms with Crippen molar-refractivity contribution in [2.45, 2.75) is 20.8 Å². The quantitative estimate of drug-likeness (QED) is 0.402. The van der Waals surface area contributed by atoms with Gasteiger partial charge in [-0.05, 0) is 49.2 Å². The lowest BCUT2D eigenvalue weighted by Gasteiger charge is -2.11. The molecule has 5 aromatic rings. The molecule has 0 spiro atoms. The van der Waals surface area contributed by atoms with Crippen molar-refractivity contribution in [3.63, 3.8) is 0 Å². The number of para-hydroxylation sites is 2. The highest BCUT2D eigenvalue weighted by Crippen LogP contribution is 2.20. The highest BCUT2D eigenvalue weighted by Gasteiger charge is 2.23. The number of aryl methyl sites for hydroxylation is 2. The Hall–Kier alpha value is -3.59. The minimum Gasteiger partial charge on any atom is -0.199 e. The van der Waals surface area contributed by atoms with Crippen LogP contribution in [0.4, 0.5) is 0 Å². The van der Waals surface area contributed by atoms with Crippen molar-refractivity contribution in [1.82, 2.24) is 4.98 Å². The largest absolute Gasteiger partial charge is 0.292 e. The van der Waals surface area contributed by atoms with Gasteiger partial charge in [0.1, 0.15) is 11.4 Å². The van der Waals surface area contributed by atoms with E-state index in [1.807, 2.05) is 12.4 Å². The van der Waals surface area contributed by atoms with Gasteiger partial charge >= 0.3 is 0 Å². The van der Waals surface area contributed by atoms with E-state index in [0.29, 0.717) is 0 Å². The number of nitrogens with zero attached hydrogens (tertiary/aromatic N) is 3. The summed E-state index contributed by atoms with van der Waals surface area (Å²) in [6.45, 7) is 6.52. The van der Waals surface area contributed by atoms with Crippen LogP contribution < -0.4 is 9.13 Å². The molecule has 3 nitrogen and oxygen atoms in total. The molecule has 3 heteroatoms. The lowest BCUT2D eigenvalue weighted by atomic mass is 10.1. The van der Waals surface area contributed by atoms with Gasteiger partial charge in [-0.15, -0.1) is 0 Å². The molecule has 2 aromatic heterocycles. The van der Waals surface area contributed by atoms with Crippen molar-refractivity contribution in [2.24, 2.45) is 0 Å². The van der Waals surface area contributed by atoms with Gasteiger partial charge in [0.2, 0.25) is 11.2 Å². The van der Waals surface area contributed by atoms with Gasteiger partial charge in [-0.1, -0.05) is 30.3 Å². The van der Waals surface area contributed by atoms with Crippen molar-refractivity contribution >= 4 is 21.8 Å². The van der Waals surface area contributed by atoms with Gasteiger partial charge in [-0.25, -0.2) is 0 Å². The van der Waals surface area contributed by atoms with Gasteiger partial charge in [0.25, 0.3) is 6.33 Å². The molecule has 0 bridgehead atoms. The second-order valence-electron chi connectivity index (χ2n) is 7.51. The first-order valence-corrected chi connectivity index (χ1v) is 9.92. The Morgan fingerprint density at radius 2 is 1.45 bits per heavy atom.